The van der Waals surface area contributed by atoms with Gasteiger partial charge in [-0.2, -0.15) is 0 Å². The van der Waals surface area contributed by atoms with Gasteiger partial charge in [0.05, 0.1) is 13.0 Å². The van der Waals surface area contributed by atoms with E-state index in [-0.39, 0.29) is 24.2 Å². The van der Waals surface area contributed by atoms with Crippen LogP contribution in [0.2, 0.25) is 0 Å². The van der Waals surface area contributed by atoms with E-state index >= 15 is 0 Å². The van der Waals surface area contributed by atoms with Gasteiger partial charge in [-0.25, -0.2) is 9.97 Å². The Morgan fingerprint density at radius 2 is 2.00 bits per heavy atom. The van der Waals surface area contributed by atoms with E-state index in [1.807, 2.05) is 53.4 Å². The molecule has 2 aromatic heterocycles. The molecule has 160 valence electrons. The van der Waals surface area contributed by atoms with Crippen LogP contribution in [0.15, 0.2) is 61.2 Å². The summed E-state index contributed by atoms with van der Waals surface area (Å²) >= 11 is 0. The van der Waals surface area contributed by atoms with Gasteiger partial charge in [-0.15, -0.1) is 0 Å². The molecule has 2 N–H and O–H groups in total. The Morgan fingerprint density at radius 1 is 1.16 bits per heavy atom. The number of nitrogens with zero attached hydrogens (tertiary/aromatic N) is 4. The van der Waals surface area contributed by atoms with Crippen LogP contribution in [-0.4, -0.2) is 53.1 Å². The van der Waals surface area contributed by atoms with Gasteiger partial charge >= 0.3 is 0 Å². The summed E-state index contributed by atoms with van der Waals surface area (Å²) in [5, 5.41) is 6.08. The minimum Gasteiger partial charge on any atom is -0.497 e. The van der Waals surface area contributed by atoms with E-state index in [4.69, 9.17) is 4.74 Å². The lowest BCUT2D eigenvalue weighted by molar-refractivity contribution is -0.126. The minimum atomic E-state index is -0.377. The average molecular weight is 420 g/mol. The molecule has 2 amide bonds. The molecule has 0 bridgehead atoms. The maximum absolute atomic E-state index is 12.5. The Bertz CT molecular complexity index is 1050. The van der Waals surface area contributed by atoms with Gasteiger partial charge in [0, 0.05) is 56.3 Å². The van der Waals surface area contributed by atoms with Gasteiger partial charge in [-0.05, 0) is 24.3 Å². The Morgan fingerprint density at radius 3 is 2.81 bits per heavy atom. The summed E-state index contributed by atoms with van der Waals surface area (Å²) in [7, 11) is 1.58. The van der Waals surface area contributed by atoms with E-state index < -0.39 is 0 Å². The van der Waals surface area contributed by atoms with E-state index in [0.29, 0.717) is 31.2 Å². The lowest BCUT2D eigenvalue weighted by Crippen LogP contribution is -2.35. The van der Waals surface area contributed by atoms with Crippen molar-refractivity contribution in [3.05, 3.63) is 61.2 Å². The fraction of sp³-hybridized carbons (Fsp3) is 0.273. The normalized spacial score (nSPS) is 15.7. The number of carbonyl (C=O) groups excluding carboxylic acids is 2. The first-order chi connectivity index (χ1) is 15.1. The van der Waals surface area contributed by atoms with Crippen molar-refractivity contribution in [2.24, 2.45) is 5.92 Å². The van der Waals surface area contributed by atoms with Crippen molar-refractivity contribution in [2.75, 3.05) is 37.0 Å². The predicted octanol–water partition coefficient (Wildman–Crippen LogP) is 1.86. The molecular formula is C22H24N6O3. The Labute approximate surface area is 180 Å². The van der Waals surface area contributed by atoms with Crippen molar-refractivity contribution in [3.8, 4) is 11.6 Å². The van der Waals surface area contributed by atoms with Crippen molar-refractivity contribution in [3.63, 3.8) is 0 Å². The van der Waals surface area contributed by atoms with Crippen LogP contribution in [0.25, 0.3) is 5.82 Å². The third kappa shape index (κ3) is 4.82. The summed E-state index contributed by atoms with van der Waals surface area (Å²) in [6.07, 6.45) is 5.50. The van der Waals surface area contributed by atoms with E-state index in [1.54, 1.807) is 18.1 Å². The number of methoxy groups -OCH3 is 1. The fourth-order valence-corrected chi connectivity index (χ4v) is 3.50. The van der Waals surface area contributed by atoms with Crippen molar-refractivity contribution < 1.29 is 14.3 Å². The molecule has 1 atom stereocenters. The van der Waals surface area contributed by atoms with Gasteiger partial charge in [0.2, 0.25) is 11.8 Å². The highest BCUT2D eigenvalue weighted by molar-refractivity contribution is 6.00. The van der Waals surface area contributed by atoms with Crippen molar-refractivity contribution in [1.29, 1.82) is 0 Å². The van der Waals surface area contributed by atoms with Crippen molar-refractivity contribution >= 4 is 23.3 Å². The number of ether oxygens (including phenoxy) is 1. The maximum atomic E-state index is 12.5. The zero-order valence-corrected chi connectivity index (χ0v) is 17.2. The van der Waals surface area contributed by atoms with Crippen LogP contribution < -0.4 is 20.3 Å². The van der Waals surface area contributed by atoms with Gasteiger partial charge < -0.3 is 24.8 Å². The second kappa shape index (κ2) is 9.29. The van der Waals surface area contributed by atoms with Crippen LogP contribution in [0.3, 0.4) is 0 Å². The monoisotopic (exact) mass is 420 g/mol. The molecular weight excluding hydrogens is 396 g/mol. The molecule has 1 unspecified atom stereocenters. The molecule has 4 rings (SSSR count). The highest BCUT2D eigenvalue weighted by atomic mass is 16.5. The molecule has 0 aliphatic carbocycles. The summed E-state index contributed by atoms with van der Waals surface area (Å²) in [4.78, 5) is 35.0. The number of carbonyl (C=O) groups is 2. The molecule has 1 aromatic carbocycles. The first kappa shape index (κ1) is 20.4. The van der Waals surface area contributed by atoms with Gasteiger partial charge in [0.15, 0.2) is 0 Å². The fourth-order valence-electron chi connectivity index (χ4n) is 3.50. The van der Waals surface area contributed by atoms with Crippen LogP contribution in [0.1, 0.15) is 6.42 Å². The molecule has 3 heterocycles. The van der Waals surface area contributed by atoms with Crippen molar-refractivity contribution in [1.82, 2.24) is 19.9 Å². The second-order valence-corrected chi connectivity index (χ2v) is 7.18. The summed E-state index contributed by atoms with van der Waals surface area (Å²) in [5.74, 6) is 1.54. The molecule has 0 spiro atoms. The standard InChI is InChI=1S/C22H24N6O3/c1-31-18-6-4-5-17(12-18)28-14-16(11-21(28)29)22(30)24-8-7-23-19-13-20(26-15-25-19)27-9-2-3-10-27/h2-6,9-10,12-13,15-16H,7-8,11,14H2,1H3,(H,24,30)(H,23,25,26). The molecule has 0 radical (unpaired) electrons. The lowest BCUT2D eigenvalue weighted by Gasteiger charge is -2.17. The van der Waals surface area contributed by atoms with Crippen molar-refractivity contribution in [2.45, 2.75) is 6.42 Å². The lowest BCUT2D eigenvalue weighted by atomic mass is 10.1. The van der Waals surface area contributed by atoms with Crippen LogP contribution in [0.5, 0.6) is 5.75 Å². The Kier molecular flexibility index (Phi) is 6.11. The number of hydrogen-bond donors (Lipinski definition) is 2. The summed E-state index contributed by atoms with van der Waals surface area (Å²) in [6, 6.07) is 13.0. The quantitative estimate of drug-likeness (QED) is 0.540. The number of benzene rings is 1. The molecule has 3 aromatic rings. The zero-order valence-electron chi connectivity index (χ0n) is 17.2. The SMILES string of the molecule is COc1cccc(N2CC(C(=O)NCCNc3cc(-n4cccc4)ncn3)CC2=O)c1. The first-order valence-electron chi connectivity index (χ1n) is 10.1. The number of anilines is 2. The van der Waals surface area contributed by atoms with Crippen LogP contribution >= 0.6 is 0 Å². The minimum absolute atomic E-state index is 0.0648. The van der Waals surface area contributed by atoms with Gasteiger partial charge in [-0.1, -0.05) is 6.07 Å². The summed E-state index contributed by atoms with van der Waals surface area (Å²) in [6.45, 7) is 1.29. The largest absolute Gasteiger partial charge is 0.497 e. The average Bonchev–Trinajstić information content (AvgIpc) is 3.47. The number of hydrogen-bond acceptors (Lipinski definition) is 6. The highest BCUT2D eigenvalue weighted by Crippen LogP contribution is 2.27. The molecule has 1 aliphatic rings. The predicted molar refractivity (Wildman–Crippen MR) is 116 cm³/mol. The van der Waals surface area contributed by atoms with Crippen LogP contribution in [-0.2, 0) is 9.59 Å². The number of aromatic nitrogens is 3. The maximum Gasteiger partial charge on any atom is 0.227 e. The van der Waals surface area contributed by atoms with E-state index in [2.05, 4.69) is 20.6 Å². The van der Waals surface area contributed by atoms with E-state index in [0.717, 1.165) is 11.5 Å². The Balaban J connectivity index is 1.26. The molecule has 0 saturated carbocycles. The molecule has 31 heavy (non-hydrogen) atoms. The smallest absolute Gasteiger partial charge is 0.227 e. The van der Waals surface area contributed by atoms with Crippen LogP contribution in [0.4, 0.5) is 11.5 Å². The Hall–Kier alpha value is -3.88. The molecule has 9 heteroatoms. The zero-order chi connectivity index (χ0) is 21.6. The highest BCUT2D eigenvalue weighted by Gasteiger charge is 2.35. The van der Waals surface area contributed by atoms with Crippen LogP contribution in [0, 0.1) is 5.92 Å². The third-order valence-corrected chi connectivity index (χ3v) is 5.11. The number of rotatable bonds is 8. The molecule has 9 nitrogen and oxygen atoms in total. The van der Waals surface area contributed by atoms with Gasteiger partial charge in [0.25, 0.3) is 0 Å². The van der Waals surface area contributed by atoms with E-state index in [9.17, 15) is 9.59 Å². The first-order valence-corrected chi connectivity index (χ1v) is 10.1. The summed E-state index contributed by atoms with van der Waals surface area (Å²) < 4.78 is 7.11. The topological polar surface area (TPSA) is 101 Å². The van der Waals surface area contributed by atoms with E-state index in [1.165, 1.54) is 6.33 Å². The second-order valence-electron chi connectivity index (χ2n) is 7.18. The van der Waals surface area contributed by atoms with Gasteiger partial charge in [0.1, 0.15) is 23.7 Å². The third-order valence-electron chi connectivity index (χ3n) is 5.11. The number of nitrogens with one attached hydrogen (secondary N) is 2. The van der Waals surface area contributed by atoms with Gasteiger partial charge in [-0.3, -0.25) is 9.59 Å². The molecule has 1 saturated heterocycles. The number of amides is 2. The molecule has 1 fully saturated rings. The molecule has 1 aliphatic heterocycles. The summed E-state index contributed by atoms with van der Waals surface area (Å²) in [5.41, 5.74) is 0.739.